The summed E-state index contributed by atoms with van der Waals surface area (Å²) < 4.78 is 39.8. The van der Waals surface area contributed by atoms with E-state index in [2.05, 4.69) is 4.72 Å². The van der Waals surface area contributed by atoms with E-state index in [-0.39, 0.29) is 26.2 Å². The SMILES string of the molecule is N#Cc1cc(NS(=O)(=O)c2cc(Cl)cc(Cl)c2)ccc1F. The van der Waals surface area contributed by atoms with Crippen molar-refractivity contribution < 1.29 is 12.8 Å². The molecule has 0 saturated heterocycles. The zero-order valence-electron chi connectivity index (χ0n) is 10.3. The Labute approximate surface area is 130 Å². The van der Waals surface area contributed by atoms with Gasteiger partial charge in [0.15, 0.2) is 0 Å². The monoisotopic (exact) mass is 344 g/mol. The second kappa shape index (κ2) is 5.90. The first-order chi connectivity index (χ1) is 9.81. The number of rotatable bonds is 3. The predicted molar refractivity (Wildman–Crippen MR) is 78.4 cm³/mol. The maximum absolute atomic E-state index is 13.2. The molecule has 21 heavy (non-hydrogen) atoms. The third-order valence-electron chi connectivity index (χ3n) is 2.49. The Morgan fingerprint density at radius 2 is 1.71 bits per heavy atom. The summed E-state index contributed by atoms with van der Waals surface area (Å²) in [6.45, 7) is 0. The molecule has 8 heteroatoms. The Bertz CT molecular complexity index is 827. The summed E-state index contributed by atoms with van der Waals surface area (Å²) in [5.74, 6) is -0.730. The summed E-state index contributed by atoms with van der Waals surface area (Å²) in [7, 11) is -3.95. The minimum absolute atomic E-state index is 0.0593. The second-order valence-electron chi connectivity index (χ2n) is 4.02. The zero-order chi connectivity index (χ0) is 15.6. The van der Waals surface area contributed by atoms with Crippen molar-refractivity contribution >= 4 is 38.9 Å². The van der Waals surface area contributed by atoms with E-state index in [1.807, 2.05) is 0 Å². The second-order valence-corrected chi connectivity index (χ2v) is 6.57. The molecule has 0 bridgehead atoms. The van der Waals surface area contributed by atoms with E-state index < -0.39 is 15.8 Å². The fourth-order valence-electron chi connectivity index (χ4n) is 1.57. The van der Waals surface area contributed by atoms with E-state index in [0.717, 1.165) is 12.1 Å². The Balaban J connectivity index is 2.40. The number of hydrogen-bond donors (Lipinski definition) is 1. The highest BCUT2D eigenvalue weighted by atomic mass is 35.5. The molecule has 2 aromatic rings. The lowest BCUT2D eigenvalue weighted by atomic mass is 10.2. The fraction of sp³-hybridized carbons (Fsp3) is 0. The highest BCUT2D eigenvalue weighted by Crippen LogP contribution is 2.24. The number of anilines is 1. The van der Waals surface area contributed by atoms with Crippen LogP contribution in [0.2, 0.25) is 10.0 Å². The molecular formula is C13H7Cl2FN2O2S. The molecule has 0 atom stereocenters. The Hall–Kier alpha value is -1.81. The molecule has 2 aromatic carbocycles. The van der Waals surface area contributed by atoms with Crippen LogP contribution in [-0.4, -0.2) is 8.42 Å². The molecule has 0 aliphatic carbocycles. The number of nitrogens with zero attached hydrogens (tertiary/aromatic N) is 1. The Morgan fingerprint density at radius 3 is 2.29 bits per heavy atom. The van der Waals surface area contributed by atoms with Crippen molar-refractivity contribution in [2.24, 2.45) is 0 Å². The Morgan fingerprint density at radius 1 is 1.10 bits per heavy atom. The predicted octanol–water partition coefficient (Wildman–Crippen LogP) is 3.80. The van der Waals surface area contributed by atoms with Gasteiger partial charge in [0.2, 0.25) is 0 Å². The van der Waals surface area contributed by atoms with Crippen LogP contribution in [-0.2, 0) is 10.0 Å². The van der Waals surface area contributed by atoms with E-state index in [0.29, 0.717) is 0 Å². The van der Waals surface area contributed by atoms with Crippen molar-refractivity contribution in [1.29, 1.82) is 5.26 Å². The normalized spacial score (nSPS) is 11.0. The average molecular weight is 345 g/mol. The zero-order valence-corrected chi connectivity index (χ0v) is 12.6. The van der Waals surface area contributed by atoms with Gasteiger partial charge in [0.05, 0.1) is 16.1 Å². The average Bonchev–Trinajstić information content (AvgIpc) is 2.39. The van der Waals surface area contributed by atoms with E-state index in [4.69, 9.17) is 28.5 Å². The van der Waals surface area contributed by atoms with Gasteiger partial charge in [0, 0.05) is 10.0 Å². The highest BCUT2D eigenvalue weighted by molar-refractivity contribution is 7.92. The van der Waals surface area contributed by atoms with Crippen LogP contribution in [0.4, 0.5) is 10.1 Å². The van der Waals surface area contributed by atoms with E-state index in [1.165, 1.54) is 24.3 Å². The van der Waals surface area contributed by atoms with E-state index in [1.54, 1.807) is 6.07 Å². The first-order valence-corrected chi connectivity index (χ1v) is 7.74. The minimum Gasteiger partial charge on any atom is -0.280 e. The topological polar surface area (TPSA) is 70.0 Å². The van der Waals surface area contributed by atoms with Gasteiger partial charge in [0.25, 0.3) is 10.0 Å². The summed E-state index contributed by atoms with van der Waals surface area (Å²) in [4.78, 5) is -0.136. The van der Waals surface area contributed by atoms with Crippen molar-refractivity contribution in [2.75, 3.05) is 4.72 Å². The summed E-state index contributed by atoms with van der Waals surface area (Å²) in [6, 6.07) is 8.78. The third-order valence-corrected chi connectivity index (χ3v) is 4.28. The van der Waals surface area contributed by atoms with Crippen LogP contribution in [0.15, 0.2) is 41.3 Å². The molecule has 0 spiro atoms. The van der Waals surface area contributed by atoms with Gasteiger partial charge in [-0.1, -0.05) is 23.2 Å². The van der Waals surface area contributed by atoms with E-state index in [9.17, 15) is 12.8 Å². The largest absolute Gasteiger partial charge is 0.280 e. The van der Waals surface area contributed by atoms with Crippen LogP contribution in [0.3, 0.4) is 0 Å². The number of hydrogen-bond acceptors (Lipinski definition) is 3. The van der Waals surface area contributed by atoms with Crippen LogP contribution in [0.25, 0.3) is 0 Å². The van der Waals surface area contributed by atoms with Crippen LogP contribution >= 0.6 is 23.2 Å². The van der Waals surface area contributed by atoms with Crippen LogP contribution < -0.4 is 4.72 Å². The lowest BCUT2D eigenvalue weighted by Crippen LogP contribution is -2.13. The van der Waals surface area contributed by atoms with Crippen molar-refractivity contribution in [1.82, 2.24) is 0 Å². The van der Waals surface area contributed by atoms with Gasteiger partial charge >= 0.3 is 0 Å². The summed E-state index contributed by atoms with van der Waals surface area (Å²) in [6.07, 6.45) is 0. The molecule has 2 rings (SSSR count). The number of benzene rings is 2. The molecule has 108 valence electrons. The Kier molecular flexibility index (Phi) is 4.37. The first-order valence-electron chi connectivity index (χ1n) is 5.50. The molecule has 0 aliphatic rings. The van der Waals surface area contributed by atoms with Gasteiger partial charge < -0.3 is 0 Å². The number of halogens is 3. The van der Waals surface area contributed by atoms with Gasteiger partial charge in [-0.2, -0.15) is 5.26 Å². The van der Waals surface area contributed by atoms with Crippen molar-refractivity contribution in [3.05, 3.63) is 57.8 Å². The molecule has 0 unspecified atom stereocenters. The molecule has 4 nitrogen and oxygen atoms in total. The first kappa shape index (κ1) is 15.6. The van der Waals surface area contributed by atoms with Gasteiger partial charge in [-0.3, -0.25) is 4.72 Å². The van der Waals surface area contributed by atoms with Gasteiger partial charge in [-0.15, -0.1) is 0 Å². The van der Waals surface area contributed by atoms with Crippen LogP contribution in [0.1, 0.15) is 5.56 Å². The minimum atomic E-state index is -3.95. The molecular weight excluding hydrogens is 338 g/mol. The molecule has 0 radical (unpaired) electrons. The van der Waals surface area contributed by atoms with Gasteiger partial charge in [0.1, 0.15) is 11.9 Å². The quantitative estimate of drug-likeness (QED) is 0.920. The molecule has 1 N–H and O–H groups in total. The lowest BCUT2D eigenvalue weighted by Gasteiger charge is -2.09. The molecule has 0 saturated carbocycles. The third kappa shape index (κ3) is 3.64. The van der Waals surface area contributed by atoms with E-state index >= 15 is 0 Å². The maximum atomic E-state index is 13.2. The fourth-order valence-corrected chi connectivity index (χ4v) is 3.35. The molecule has 0 aromatic heterocycles. The summed E-state index contributed by atoms with van der Waals surface area (Å²) in [5, 5.41) is 9.06. The summed E-state index contributed by atoms with van der Waals surface area (Å²) in [5.41, 5.74) is -0.205. The number of nitriles is 1. The van der Waals surface area contributed by atoms with Crippen LogP contribution in [0.5, 0.6) is 0 Å². The van der Waals surface area contributed by atoms with Gasteiger partial charge in [-0.25, -0.2) is 12.8 Å². The summed E-state index contributed by atoms with van der Waals surface area (Å²) >= 11 is 11.5. The highest BCUT2D eigenvalue weighted by Gasteiger charge is 2.16. The molecule has 0 aliphatic heterocycles. The van der Waals surface area contributed by atoms with Crippen molar-refractivity contribution in [3.63, 3.8) is 0 Å². The van der Waals surface area contributed by atoms with Crippen LogP contribution in [0, 0.1) is 17.1 Å². The van der Waals surface area contributed by atoms with Gasteiger partial charge in [-0.05, 0) is 36.4 Å². The molecule has 0 fully saturated rings. The molecule has 0 amide bonds. The number of nitrogens with one attached hydrogen (secondary N) is 1. The van der Waals surface area contributed by atoms with Crippen molar-refractivity contribution in [3.8, 4) is 6.07 Å². The smallest absolute Gasteiger partial charge is 0.261 e. The number of sulfonamides is 1. The standard InChI is InChI=1S/C13H7Cl2FN2O2S/c14-9-4-10(15)6-12(5-9)21(19,20)18-11-1-2-13(16)8(3-11)7-17/h1-6,18H. The molecule has 0 heterocycles. The maximum Gasteiger partial charge on any atom is 0.261 e. The lowest BCUT2D eigenvalue weighted by molar-refractivity contribution is 0.601. The van der Waals surface area contributed by atoms with Crippen molar-refractivity contribution in [2.45, 2.75) is 4.90 Å².